The molecule has 102 valence electrons. The van der Waals surface area contributed by atoms with E-state index in [4.69, 9.17) is 17.3 Å². The number of hydrogen-bond acceptors (Lipinski definition) is 2. The summed E-state index contributed by atoms with van der Waals surface area (Å²) in [6, 6.07) is 2.62. The van der Waals surface area contributed by atoms with Gasteiger partial charge in [0.2, 0.25) is 0 Å². The summed E-state index contributed by atoms with van der Waals surface area (Å²) >= 11 is 5.72. The van der Waals surface area contributed by atoms with Crippen molar-refractivity contribution >= 4 is 11.6 Å². The summed E-state index contributed by atoms with van der Waals surface area (Å²) in [7, 11) is 0. The lowest BCUT2D eigenvalue weighted by Gasteiger charge is -2.21. The second-order valence-electron chi connectivity index (χ2n) is 4.09. The Hall–Kier alpha value is -0.780. The van der Waals surface area contributed by atoms with Crippen molar-refractivity contribution in [1.82, 2.24) is 0 Å². The molecule has 0 fully saturated rings. The van der Waals surface area contributed by atoms with Crippen molar-refractivity contribution in [3.8, 4) is 0 Å². The van der Waals surface area contributed by atoms with Crippen LogP contribution in [0.3, 0.4) is 0 Å². The number of benzene rings is 1. The molecule has 0 aliphatic carbocycles. The molecule has 0 aliphatic heterocycles. The van der Waals surface area contributed by atoms with Gasteiger partial charge in [0.05, 0.1) is 22.7 Å². The quantitative estimate of drug-likeness (QED) is 0.887. The molecule has 6 heteroatoms. The monoisotopic (exact) mass is 281 g/mol. The van der Waals surface area contributed by atoms with E-state index in [2.05, 4.69) is 0 Å². The van der Waals surface area contributed by atoms with Gasteiger partial charge in [0.1, 0.15) is 0 Å². The van der Waals surface area contributed by atoms with Gasteiger partial charge < -0.3 is 10.8 Å². The Labute approximate surface area is 109 Å². The van der Waals surface area contributed by atoms with Gasteiger partial charge in [-0.2, -0.15) is 13.2 Å². The van der Waals surface area contributed by atoms with Crippen molar-refractivity contribution in [1.29, 1.82) is 0 Å². The minimum atomic E-state index is -4.53. The summed E-state index contributed by atoms with van der Waals surface area (Å²) in [4.78, 5) is 0. The van der Waals surface area contributed by atoms with Gasteiger partial charge in [0.15, 0.2) is 0 Å². The fraction of sp³-hybridized carbons (Fsp3) is 0.500. The number of aliphatic hydroxyl groups is 1. The van der Waals surface area contributed by atoms with Crippen LogP contribution in [0, 0.1) is 0 Å². The highest BCUT2D eigenvalue weighted by molar-refractivity contribution is 6.32. The summed E-state index contributed by atoms with van der Waals surface area (Å²) in [6.45, 7) is 1.85. The molecule has 0 aliphatic rings. The van der Waals surface area contributed by atoms with Crippen molar-refractivity contribution in [2.75, 3.05) is 0 Å². The molecular weight excluding hydrogens is 267 g/mol. The largest absolute Gasteiger partial charge is 0.417 e. The van der Waals surface area contributed by atoms with Crippen LogP contribution in [0.4, 0.5) is 13.2 Å². The third-order valence-electron chi connectivity index (χ3n) is 2.69. The van der Waals surface area contributed by atoms with E-state index in [1.165, 1.54) is 12.1 Å². The Balaban J connectivity index is 3.11. The number of rotatable bonds is 4. The fourth-order valence-corrected chi connectivity index (χ4v) is 2.07. The lowest BCUT2D eigenvalue weighted by Crippen LogP contribution is -2.26. The predicted molar refractivity (Wildman–Crippen MR) is 64.3 cm³/mol. The highest BCUT2D eigenvalue weighted by Crippen LogP contribution is 2.38. The highest BCUT2D eigenvalue weighted by Gasteiger charge is 2.35. The molecule has 18 heavy (non-hydrogen) atoms. The van der Waals surface area contributed by atoms with Crippen LogP contribution in [0.15, 0.2) is 18.2 Å². The number of halogens is 4. The van der Waals surface area contributed by atoms with Crippen LogP contribution in [0.1, 0.15) is 36.9 Å². The van der Waals surface area contributed by atoms with E-state index in [-0.39, 0.29) is 5.56 Å². The van der Waals surface area contributed by atoms with Crippen molar-refractivity contribution in [3.63, 3.8) is 0 Å². The van der Waals surface area contributed by atoms with Crippen LogP contribution in [0.5, 0.6) is 0 Å². The predicted octanol–water partition coefficient (Wildman–Crippen LogP) is 3.52. The van der Waals surface area contributed by atoms with Gasteiger partial charge in [-0.3, -0.25) is 0 Å². The Morgan fingerprint density at radius 1 is 1.39 bits per heavy atom. The van der Waals surface area contributed by atoms with Crippen LogP contribution in [-0.2, 0) is 6.18 Å². The average molecular weight is 282 g/mol. The zero-order valence-corrected chi connectivity index (χ0v) is 10.6. The summed E-state index contributed by atoms with van der Waals surface area (Å²) in [5.74, 6) is 0. The SMILES string of the molecule is CCC[C@H](O)[C@H](N)c1cccc(C(F)(F)F)c1Cl. The van der Waals surface area contributed by atoms with E-state index in [1.54, 1.807) is 0 Å². The number of nitrogens with two attached hydrogens (primary N) is 1. The highest BCUT2D eigenvalue weighted by atomic mass is 35.5. The maximum Gasteiger partial charge on any atom is 0.417 e. The smallest absolute Gasteiger partial charge is 0.391 e. The Bertz CT molecular complexity index is 409. The van der Waals surface area contributed by atoms with E-state index >= 15 is 0 Å². The molecule has 1 rings (SSSR count). The lowest BCUT2D eigenvalue weighted by atomic mass is 9.97. The van der Waals surface area contributed by atoms with E-state index in [9.17, 15) is 18.3 Å². The van der Waals surface area contributed by atoms with Crippen LogP contribution in [0.2, 0.25) is 5.02 Å². The molecular formula is C12H15ClF3NO. The first kappa shape index (κ1) is 15.3. The van der Waals surface area contributed by atoms with Gasteiger partial charge in [0.25, 0.3) is 0 Å². The topological polar surface area (TPSA) is 46.2 Å². The number of aliphatic hydroxyl groups excluding tert-OH is 1. The first-order chi connectivity index (χ1) is 8.29. The van der Waals surface area contributed by atoms with Crippen molar-refractivity contribution in [3.05, 3.63) is 34.3 Å². The van der Waals surface area contributed by atoms with Gasteiger partial charge in [-0.05, 0) is 18.1 Å². The Kier molecular flexibility index (Phi) is 5.01. The van der Waals surface area contributed by atoms with Gasteiger partial charge in [-0.1, -0.05) is 37.1 Å². The maximum atomic E-state index is 12.7. The Morgan fingerprint density at radius 2 is 2.00 bits per heavy atom. The minimum Gasteiger partial charge on any atom is -0.391 e. The Morgan fingerprint density at radius 3 is 2.50 bits per heavy atom. The van der Waals surface area contributed by atoms with Gasteiger partial charge in [0, 0.05) is 0 Å². The molecule has 2 atom stereocenters. The van der Waals surface area contributed by atoms with Crippen molar-refractivity contribution < 1.29 is 18.3 Å². The molecule has 0 heterocycles. The number of hydrogen-bond donors (Lipinski definition) is 2. The molecule has 2 nitrogen and oxygen atoms in total. The van der Waals surface area contributed by atoms with Crippen LogP contribution < -0.4 is 5.73 Å². The molecule has 1 aromatic rings. The molecule has 3 N–H and O–H groups in total. The third-order valence-corrected chi connectivity index (χ3v) is 3.11. The van der Waals surface area contributed by atoms with E-state index < -0.39 is 28.9 Å². The molecule has 0 unspecified atom stereocenters. The molecule has 1 aromatic carbocycles. The molecule has 0 saturated carbocycles. The molecule has 0 saturated heterocycles. The fourth-order valence-electron chi connectivity index (χ4n) is 1.71. The van der Waals surface area contributed by atoms with Gasteiger partial charge in [-0.15, -0.1) is 0 Å². The number of alkyl halides is 3. The van der Waals surface area contributed by atoms with Crippen molar-refractivity contribution in [2.24, 2.45) is 5.73 Å². The van der Waals surface area contributed by atoms with Crippen molar-refractivity contribution in [2.45, 2.75) is 38.1 Å². The first-order valence-corrected chi connectivity index (χ1v) is 5.96. The minimum absolute atomic E-state index is 0.118. The first-order valence-electron chi connectivity index (χ1n) is 5.58. The summed E-state index contributed by atoms with van der Waals surface area (Å²) < 4.78 is 38.0. The second-order valence-corrected chi connectivity index (χ2v) is 4.47. The molecule has 0 radical (unpaired) electrons. The molecule has 0 aromatic heterocycles. The van der Waals surface area contributed by atoms with E-state index in [0.29, 0.717) is 12.8 Å². The van der Waals surface area contributed by atoms with E-state index in [1.807, 2.05) is 6.92 Å². The third kappa shape index (κ3) is 3.37. The van der Waals surface area contributed by atoms with Crippen LogP contribution in [-0.4, -0.2) is 11.2 Å². The second kappa shape index (κ2) is 5.91. The maximum absolute atomic E-state index is 12.7. The molecule has 0 spiro atoms. The average Bonchev–Trinajstić information content (AvgIpc) is 2.27. The molecule has 0 bridgehead atoms. The summed E-state index contributed by atoms with van der Waals surface area (Å²) in [5.41, 5.74) is 4.92. The van der Waals surface area contributed by atoms with Gasteiger partial charge >= 0.3 is 6.18 Å². The van der Waals surface area contributed by atoms with Gasteiger partial charge in [-0.25, -0.2) is 0 Å². The standard InChI is InChI=1S/C12H15ClF3NO/c1-2-4-9(18)11(17)7-5-3-6-8(10(7)13)12(14,15)16/h3,5-6,9,11,18H,2,4,17H2,1H3/t9-,11+/m0/s1. The zero-order chi connectivity index (χ0) is 13.9. The van der Waals surface area contributed by atoms with Crippen LogP contribution >= 0.6 is 11.6 Å². The molecule has 0 amide bonds. The van der Waals surface area contributed by atoms with E-state index in [0.717, 1.165) is 6.07 Å². The summed E-state index contributed by atoms with van der Waals surface area (Å²) in [6.07, 6.45) is -4.34. The normalized spacial score (nSPS) is 15.5. The lowest BCUT2D eigenvalue weighted by molar-refractivity contribution is -0.137. The summed E-state index contributed by atoms with van der Waals surface area (Å²) in [5, 5.41) is 9.29. The zero-order valence-electron chi connectivity index (χ0n) is 9.84. The van der Waals surface area contributed by atoms with Crippen LogP contribution in [0.25, 0.3) is 0 Å².